The lowest BCUT2D eigenvalue weighted by molar-refractivity contribution is 0.166. The molecule has 1 N–H and O–H groups in total. The van der Waals surface area contributed by atoms with Gasteiger partial charge in [-0.2, -0.15) is 0 Å². The summed E-state index contributed by atoms with van der Waals surface area (Å²) < 4.78 is 0. The van der Waals surface area contributed by atoms with Crippen molar-refractivity contribution in [2.75, 3.05) is 7.05 Å². The van der Waals surface area contributed by atoms with Crippen LogP contribution in [0.1, 0.15) is 34.6 Å². The second kappa shape index (κ2) is 7.99. The lowest BCUT2D eigenvalue weighted by Gasteiger charge is -2.35. The fraction of sp³-hybridized carbons (Fsp3) is 1.00. The van der Waals surface area contributed by atoms with Gasteiger partial charge in [0.2, 0.25) is 0 Å². The zero-order chi connectivity index (χ0) is 9.72. The smallest absolute Gasteiger partial charge is 0.0457 e. The maximum atomic E-state index is 3.19. The first kappa shape index (κ1) is 16.1. The Morgan fingerprint density at radius 3 is 1.62 bits per heavy atom. The van der Waals surface area contributed by atoms with Crippen LogP contribution in [0, 0.1) is 0 Å². The van der Waals surface area contributed by atoms with E-state index < -0.39 is 0 Å². The first-order valence-electron chi connectivity index (χ1n) is 4.64. The van der Waals surface area contributed by atoms with Crippen molar-refractivity contribution >= 4 is 21.1 Å². The third kappa shape index (κ3) is 5.85. The lowest BCUT2D eigenvalue weighted by atomic mass is 10.2. The van der Waals surface area contributed by atoms with Crippen molar-refractivity contribution < 1.29 is 0 Å². The summed E-state index contributed by atoms with van der Waals surface area (Å²) in [6.45, 7) is 11.3. The number of halogens is 1. The van der Waals surface area contributed by atoms with Crippen LogP contribution >= 0.6 is 21.1 Å². The van der Waals surface area contributed by atoms with E-state index in [0.29, 0.717) is 17.9 Å². The van der Waals surface area contributed by atoms with Crippen LogP contribution in [0.5, 0.6) is 0 Å². The molecule has 1 unspecified atom stereocenters. The standard InChI is InChI=1S/C9H22N2P.ClH/c1-7(2)11(8(3)4)9(5)12-10-6;/h7-10H,1-6H3;1H. The van der Waals surface area contributed by atoms with Gasteiger partial charge in [0.1, 0.15) is 0 Å². The number of rotatable bonds is 5. The maximum absolute atomic E-state index is 3.19. The van der Waals surface area contributed by atoms with Crippen molar-refractivity contribution in [3.63, 3.8) is 0 Å². The van der Waals surface area contributed by atoms with Crippen LogP contribution in [-0.4, -0.2) is 29.8 Å². The van der Waals surface area contributed by atoms with Gasteiger partial charge in [-0.15, -0.1) is 12.4 Å². The number of hydrogen-bond acceptors (Lipinski definition) is 2. The topological polar surface area (TPSA) is 15.3 Å². The molecule has 0 aromatic carbocycles. The van der Waals surface area contributed by atoms with E-state index in [1.54, 1.807) is 0 Å². The molecule has 0 fully saturated rings. The minimum atomic E-state index is 0. The van der Waals surface area contributed by atoms with E-state index >= 15 is 0 Å². The van der Waals surface area contributed by atoms with Gasteiger partial charge in [0.05, 0.1) is 0 Å². The minimum absolute atomic E-state index is 0. The zero-order valence-corrected chi connectivity index (χ0v) is 11.2. The largest absolute Gasteiger partial charge is 0.293 e. The molecule has 0 saturated heterocycles. The Bertz CT molecular complexity index is 112. The van der Waals surface area contributed by atoms with Gasteiger partial charge in [-0.1, -0.05) is 0 Å². The molecule has 0 aliphatic heterocycles. The Balaban J connectivity index is 0. The van der Waals surface area contributed by atoms with Gasteiger partial charge in [0.15, 0.2) is 0 Å². The Labute approximate surface area is 91.1 Å². The molecule has 2 nitrogen and oxygen atoms in total. The molecule has 81 valence electrons. The molecule has 0 bridgehead atoms. The first-order valence-corrected chi connectivity index (χ1v) is 5.61. The van der Waals surface area contributed by atoms with Crippen LogP contribution in [0.2, 0.25) is 0 Å². The normalized spacial score (nSPS) is 14.5. The maximum Gasteiger partial charge on any atom is 0.0457 e. The molecular formula is C9H23ClN2P. The Kier molecular flexibility index (Phi) is 9.89. The molecule has 0 rings (SSSR count). The van der Waals surface area contributed by atoms with Crippen molar-refractivity contribution in [1.29, 1.82) is 0 Å². The highest BCUT2D eigenvalue weighted by atomic mass is 35.5. The lowest BCUT2D eigenvalue weighted by Crippen LogP contribution is -2.42. The minimum Gasteiger partial charge on any atom is -0.293 e. The average molecular weight is 226 g/mol. The Hall–Kier alpha value is 0.640. The van der Waals surface area contributed by atoms with Crippen molar-refractivity contribution in [1.82, 2.24) is 9.99 Å². The van der Waals surface area contributed by atoms with Gasteiger partial charge in [-0.25, -0.2) is 0 Å². The number of hydrogen-bond donors (Lipinski definition) is 1. The molecule has 0 saturated carbocycles. The highest BCUT2D eigenvalue weighted by Crippen LogP contribution is 2.21. The van der Waals surface area contributed by atoms with E-state index in [0.717, 1.165) is 0 Å². The predicted molar refractivity (Wildman–Crippen MR) is 64.8 cm³/mol. The van der Waals surface area contributed by atoms with Crippen LogP contribution in [0.15, 0.2) is 0 Å². The molecule has 4 heteroatoms. The average Bonchev–Trinajstić information content (AvgIpc) is 1.85. The zero-order valence-electron chi connectivity index (χ0n) is 9.53. The molecule has 0 aromatic heterocycles. The predicted octanol–water partition coefficient (Wildman–Crippen LogP) is 2.95. The van der Waals surface area contributed by atoms with Crippen LogP contribution in [-0.2, 0) is 0 Å². The van der Waals surface area contributed by atoms with E-state index in [4.69, 9.17) is 0 Å². The Morgan fingerprint density at radius 1 is 1.00 bits per heavy atom. The summed E-state index contributed by atoms with van der Waals surface area (Å²) in [6.07, 6.45) is 0. The SMILES string of the molecule is CN[P]C(C)N(C(C)C)C(C)C.Cl. The van der Waals surface area contributed by atoms with E-state index in [1.165, 1.54) is 8.73 Å². The molecule has 0 aliphatic carbocycles. The molecule has 1 radical (unpaired) electrons. The van der Waals surface area contributed by atoms with Gasteiger partial charge in [-0.3, -0.25) is 9.99 Å². The highest BCUT2D eigenvalue weighted by molar-refractivity contribution is 7.36. The molecule has 0 amide bonds. The van der Waals surface area contributed by atoms with E-state index in [-0.39, 0.29) is 12.4 Å². The first-order chi connectivity index (χ1) is 5.50. The molecule has 0 aromatic rings. The van der Waals surface area contributed by atoms with Crippen LogP contribution < -0.4 is 5.09 Å². The van der Waals surface area contributed by atoms with Gasteiger partial charge < -0.3 is 0 Å². The molecule has 1 atom stereocenters. The van der Waals surface area contributed by atoms with Crippen molar-refractivity contribution in [3.05, 3.63) is 0 Å². The summed E-state index contributed by atoms with van der Waals surface area (Å²) in [6, 6.07) is 1.25. The molecule has 0 heterocycles. The Morgan fingerprint density at radius 2 is 1.38 bits per heavy atom. The quantitative estimate of drug-likeness (QED) is 0.724. The van der Waals surface area contributed by atoms with Gasteiger partial charge >= 0.3 is 0 Å². The van der Waals surface area contributed by atoms with E-state index in [9.17, 15) is 0 Å². The van der Waals surface area contributed by atoms with E-state index in [2.05, 4.69) is 44.6 Å². The summed E-state index contributed by atoms with van der Waals surface area (Å²) in [5, 5.41) is 3.19. The van der Waals surface area contributed by atoms with Crippen molar-refractivity contribution in [2.45, 2.75) is 52.5 Å². The third-order valence-corrected chi connectivity index (χ3v) is 2.84. The fourth-order valence-corrected chi connectivity index (χ4v) is 2.75. The van der Waals surface area contributed by atoms with Gasteiger partial charge in [-0.05, 0) is 41.7 Å². The summed E-state index contributed by atoms with van der Waals surface area (Å²) in [4.78, 5) is 2.51. The van der Waals surface area contributed by atoms with Crippen LogP contribution in [0.3, 0.4) is 0 Å². The number of nitrogens with one attached hydrogen (secondary N) is 1. The van der Waals surface area contributed by atoms with Crippen LogP contribution in [0.4, 0.5) is 0 Å². The van der Waals surface area contributed by atoms with Crippen LogP contribution in [0.25, 0.3) is 0 Å². The number of nitrogens with zero attached hydrogens (tertiary/aromatic N) is 1. The fourth-order valence-electron chi connectivity index (χ4n) is 1.71. The summed E-state index contributed by atoms with van der Waals surface area (Å²) in [5.41, 5.74) is 0. The monoisotopic (exact) mass is 225 g/mol. The van der Waals surface area contributed by atoms with Gasteiger partial charge in [0.25, 0.3) is 0 Å². The highest BCUT2D eigenvalue weighted by Gasteiger charge is 2.19. The second-order valence-electron chi connectivity index (χ2n) is 3.62. The molecular weight excluding hydrogens is 203 g/mol. The summed E-state index contributed by atoms with van der Waals surface area (Å²) >= 11 is 0. The summed E-state index contributed by atoms with van der Waals surface area (Å²) in [5.74, 6) is 0.593. The third-order valence-electron chi connectivity index (χ3n) is 1.94. The molecule has 13 heavy (non-hydrogen) atoms. The van der Waals surface area contributed by atoms with Crippen molar-refractivity contribution in [2.24, 2.45) is 0 Å². The van der Waals surface area contributed by atoms with E-state index in [1.807, 2.05) is 7.05 Å². The van der Waals surface area contributed by atoms with Crippen molar-refractivity contribution in [3.8, 4) is 0 Å². The second-order valence-corrected chi connectivity index (χ2v) is 5.07. The molecule has 0 aliphatic rings. The summed E-state index contributed by atoms with van der Waals surface area (Å²) in [7, 11) is 3.30. The molecule has 0 spiro atoms. The van der Waals surface area contributed by atoms with Gasteiger partial charge in [0, 0.05) is 26.6 Å².